The van der Waals surface area contributed by atoms with Crippen LogP contribution in [0, 0.1) is 0 Å². The number of hydrogen-bond donors (Lipinski definition) is 7. The van der Waals surface area contributed by atoms with Gasteiger partial charge in [0.15, 0.2) is 12.6 Å². The minimum Gasteiger partial charge on any atom is -0.459 e. The van der Waals surface area contributed by atoms with Gasteiger partial charge in [-0.25, -0.2) is 4.79 Å². The Bertz CT molecular complexity index is 581. The lowest BCUT2D eigenvalue weighted by Crippen LogP contribution is -2.63. The van der Waals surface area contributed by atoms with Crippen molar-refractivity contribution in [3.8, 4) is 0 Å². The molecule has 0 saturated carbocycles. The normalized spacial score (nSPS) is 43.8. The maximum absolute atomic E-state index is 11.7. The molecule has 2 heterocycles. The third kappa shape index (κ3) is 5.30. The second-order valence-electron chi connectivity index (χ2n) is 6.92. The molecular formula is C17H28O12. The first-order chi connectivity index (χ1) is 13.6. The van der Waals surface area contributed by atoms with Crippen LogP contribution in [0.4, 0.5) is 0 Å². The van der Waals surface area contributed by atoms with E-state index in [-0.39, 0.29) is 0 Å². The second kappa shape index (κ2) is 10.2. The van der Waals surface area contributed by atoms with Gasteiger partial charge in [-0.15, -0.1) is 0 Å². The molecule has 0 bridgehead atoms. The summed E-state index contributed by atoms with van der Waals surface area (Å²) in [6, 6.07) is 0. The molecule has 2 rings (SSSR count). The first kappa shape index (κ1) is 24.1. The summed E-state index contributed by atoms with van der Waals surface area (Å²) in [4.78, 5) is 11.7. The predicted octanol–water partition coefficient (Wildman–Crippen LogP) is -3.88. The zero-order valence-corrected chi connectivity index (χ0v) is 15.9. The summed E-state index contributed by atoms with van der Waals surface area (Å²) in [6.07, 6.45) is -14.5. The van der Waals surface area contributed by atoms with Crippen LogP contribution in [0.1, 0.15) is 13.8 Å². The fourth-order valence-corrected chi connectivity index (χ4v) is 2.87. The number of hydrogen-bond acceptors (Lipinski definition) is 12. The lowest BCUT2D eigenvalue weighted by molar-refractivity contribution is -0.376. The predicted molar refractivity (Wildman–Crippen MR) is 91.9 cm³/mol. The minimum absolute atomic E-state index is 0.310. The molecule has 12 nitrogen and oxygen atoms in total. The van der Waals surface area contributed by atoms with Gasteiger partial charge in [-0.3, -0.25) is 0 Å². The van der Waals surface area contributed by atoms with Crippen molar-refractivity contribution >= 4 is 5.97 Å². The van der Waals surface area contributed by atoms with Gasteiger partial charge in [0, 0.05) is 5.57 Å². The van der Waals surface area contributed by atoms with Crippen molar-refractivity contribution < 1.29 is 59.5 Å². The van der Waals surface area contributed by atoms with E-state index in [9.17, 15) is 40.5 Å². The molecule has 0 aliphatic carbocycles. The van der Waals surface area contributed by atoms with Crippen molar-refractivity contribution in [2.75, 3.05) is 13.2 Å². The van der Waals surface area contributed by atoms with Crippen LogP contribution >= 0.6 is 0 Å². The molecule has 0 aromatic carbocycles. The molecule has 0 aromatic heterocycles. The second-order valence-corrected chi connectivity index (χ2v) is 6.92. The van der Waals surface area contributed by atoms with E-state index < -0.39 is 80.6 Å². The van der Waals surface area contributed by atoms with Crippen molar-refractivity contribution in [2.45, 2.75) is 75.3 Å². The van der Waals surface area contributed by atoms with Crippen LogP contribution < -0.4 is 0 Å². The molecule has 2 fully saturated rings. The van der Waals surface area contributed by atoms with E-state index in [0.717, 1.165) is 0 Å². The Balaban J connectivity index is 2.06. The highest BCUT2D eigenvalue weighted by molar-refractivity contribution is 5.87. The Morgan fingerprint density at radius 1 is 0.862 bits per heavy atom. The van der Waals surface area contributed by atoms with Crippen molar-refractivity contribution in [1.29, 1.82) is 0 Å². The highest BCUT2D eigenvalue weighted by Gasteiger charge is 2.49. The van der Waals surface area contributed by atoms with Crippen LogP contribution in [0.5, 0.6) is 0 Å². The van der Waals surface area contributed by atoms with E-state index in [0.29, 0.717) is 5.57 Å². The van der Waals surface area contributed by atoms with E-state index in [1.54, 1.807) is 6.92 Å². The third-order valence-electron chi connectivity index (χ3n) is 4.92. The van der Waals surface area contributed by atoms with Crippen molar-refractivity contribution in [1.82, 2.24) is 0 Å². The number of esters is 1. The van der Waals surface area contributed by atoms with E-state index in [1.165, 1.54) is 13.0 Å². The highest BCUT2D eigenvalue weighted by atomic mass is 16.8. The standard InChI is InChI=1S/C17H28O12/c1-3-6(2)15(25)26-5-8-10(20)12(22)14(24)17(28-8)29-16-13(23)11(21)9(19)7(4-18)27-16/h3,7-14,16-24H,4-5H2,1-2H3/b6-3+/t7-,8+,9+,10-,11+,12-,13+,14-,16+,17-/m0/s1. The number of aliphatic hydroxyl groups excluding tert-OH is 7. The van der Waals surface area contributed by atoms with Gasteiger partial charge in [-0.2, -0.15) is 0 Å². The van der Waals surface area contributed by atoms with Gasteiger partial charge in [0.2, 0.25) is 0 Å². The van der Waals surface area contributed by atoms with Crippen molar-refractivity contribution in [3.63, 3.8) is 0 Å². The average Bonchev–Trinajstić information content (AvgIpc) is 2.72. The van der Waals surface area contributed by atoms with Crippen LogP contribution in [0.15, 0.2) is 11.6 Å². The number of rotatable bonds is 6. The summed E-state index contributed by atoms with van der Waals surface area (Å²) in [5.41, 5.74) is 0.310. The summed E-state index contributed by atoms with van der Waals surface area (Å²) in [5, 5.41) is 69.0. The first-order valence-corrected chi connectivity index (χ1v) is 9.08. The maximum atomic E-state index is 11.7. The molecule has 12 heteroatoms. The lowest BCUT2D eigenvalue weighted by atomic mass is 9.98. The van der Waals surface area contributed by atoms with Crippen LogP contribution in [-0.2, 0) is 23.7 Å². The van der Waals surface area contributed by atoms with Gasteiger partial charge in [-0.05, 0) is 13.8 Å². The Kier molecular flexibility index (Phi) is 8.48. The van der Waals surface area contributed by atoms with E-state index in [1.807, 2.05) is 0 Å². The number of carbonyl (C=O) groups excluding carboxylic acids is 1. The average molecular weight is 424 g/mol. The van der Waals surface area contributed by atoms with Gasteiger partial charge in [0.1, 0.15) is 55.4 Å². The smallest absolute Gasteiger partial charge is 0.333 e. The van der Waals surface area contributed by atoms with Crippen molar-refractivity contribution in [3.05, 3.63) is 11.6 Å². The molecule has 0 spiro atoms. The van der Waals surface area contributed by atoms with Crippen LogP contribution in [0.3, 0.4) is 0 Å². The largest absolute Gasteiger partial charge is 0.459 e. The Labute approximate surface area is 166 Å². The maximum Gasteiger partial charge on any atom is 0.333 e. The molecule has 10 atom stereocenters. The van der Waals surface area contributed by atoms with Gasteiger partial charge in [0.05, 0.1) is 6.61 Å². The molecule has 168 valence electrons. The fraction of sp³-hybridized carbons (Fsp3) is 0.824. The molecule has 2 aliphatic rings. The minimum atomic E-state index is -1.78. The van der Waals surface area contributed by atoms with Crippen LogP contribution in [0.25, 0.3) is 0 Å². The number of carbonyl (C=O) groups is 1. The van der Waals surface area contributed by atoms with Gasteiger partial charge < -0.3 is 54.7 Å². The molecule has 0 aromatic rings. The van der Waals surface area contributed by atoms with Gasteiger partial charge in [0.25, 0.3) is 0 Å². The van der Waals surface area contributed by atoms with E-state index in [4.69, 9.17) is 18.9 Å². The summed E-state index contributed by atoms with van der Waals surface area (Å²) < 4.78 is 20.8. The SMILES string of the molecule is C/C=C(\C)C(=O)OC[C@H]1O[C@@H](O[C@H]2O[C@@H](CO)[C@@H](O)[C@@H](O)[C@H]2O)[C@@H](O)[C@@H](O)[C@H]1O. The third-order valence-corrected chi connectivity index (χ3v) is 4.92. The molecule has 7 N–H and O–H groups in total. The molecular weight excluding hydrogens is 396 g/mol. The molecule has 2 saturated heterocycles. The summed E-state index contributed by atoms with van der Waals surface area (Å²) in [5.74, 6) is -0.671. The van der Waals surface area contributed by atoms with Gasteiger partial charge >= 0.3 is 5.97 Å². The quantitative estimate of drug-likeness (QED) is 0.162. The number of allylic oxidation sites excluding steroid dienone is 1. The molecule has 0 amide bonds. The Morgan fingerprint density at radius 3 is 1.83 bits per heavy atom. The van der Waals surface area contributed by atoms with Crippen LogP contribution in [0.2, 0.25) is 0 Å². The van der Waals surface area contributed by atoms with Gasteiger partial charge in [-0.1, -0.05) is 6.08 Å². The molecule has 0 radical (unpaired) electrons. The van der Waals surface area contributed by atoms with Crippen molar-refractivity contribution in [2.24, 2.45) is 0 Å². The lowest BCUT2D eigenvalue weighted by Gasteiger charge is -2.44. The Hall–Kier alpha value is -1.19. The van der Waals surface area contributed by atoms with Crippen LogP contribution in [-0.4, -0.2) is 116 Å². The van der Waals surface area contributed by atoms with E-state index in [2.05, 4.69) is 0 Å². The highest BCUT2D eigenvalue weighted by Crippen LogP contribution is 2.28. The topological polar surface area (TPSA) is 196 Å². The molecule has 0 unspecified atom stereocenters. The number of aliphatic hydroxyl groups is 7. The summed E-state index contributed by atoms with van der Waals surface area (Å²) in [6.45, 7) is 1.99. The Morgan fingerprint density at radius 2 is 1.34 bits per heavy atom. The molecule has 2 aliphatic heterocycles. The molecule has 29 heavy (non-hydrogen) atoms. The zero-order chi connectivity index (χ0) is 21.9. The number of ether oxygens (including phenoxy) is 4. The summed E-state index contributed by atoms with van der Waals surface area (Å²) in [7, 11) is 0. The first-order valence-electron chi connectivity index (χ1n) is 9.08. The van der Waals surface area contributed by atoms with E-state index >= 15 is 0 Å². The monoisotopic (exact) mass is 424 g/mol. The summed E-state index contributed by atoms with van der Waals surface area (Å²) >= 11 is 0. The zero-order valence-electron chi connectivity index (χ0n) is 15.9. The fourth-order valence-electron chi connectivity index (χ4n) is 2.87.